The smallest absolute Gasteiger partial charge is 0.433 e. The van der Waals surface area contributed by atoms with Crippen molar-refractivity contribution in [2.24, 2.45) is 0 Å². The van der Waals surface area contributed by atoms with Crippen LogP contribution in [0.5, 0.6) is 5.75 Å². The van der Waals surface area contributed by atoms with E-state index in [0.29, 0.717) is 24.4 Å². The van der Waals surface area contributed by atoms with Crippen LogP contribution in [0.3, 0.4) is 0 Å². The largest absolute Gasteiger partial charge is 0.494 e. The van der Waals surface area contributed by atoms with Crippen LogP contribution in [0, 0.1) is 17.1 Å². The summed E-state index contributed by atoms with van der Waals surface area (Å²) < 4.78 is 60.0. The van der Waals surface area contributed by atoms with Gasteiger partial charge in [0.2, 0.25) is 0 Å². The molecule has 1 aliphatic rings. The number of hydrogen-bond acceptors (Lipinski definition) is 6. The van der Waals surface area contributed by atoms with Crippen LogP contribution in [0.25, 0.3) is 27.7 Å². The molecule has 1 saturated heterocycles. The molecule has 1 aliphatic heterocycles. The molecule has 1 atom stereocenters. The maximum Gasteiger partial charge on any atom is 0.433 e. The van der Waals surface area contributed by atoms with E-state index in [0.717, 1.165) is 18.7 Å². The second kappa shape index (κ2) is 9.29. The van der Waals surface area contributed by atoms with Gasteiger partial charge in [-0.1, -0.05) is 6.07 Å². The Kier molecular flexibility index (Phi) is 6.13. The van der Waals surface area contributed by atoms with Gasteiger partial charge in [0.1, 0.15) is 11.5 Å². The molecule has 0 saturated carbocycles. The van der Waals surface area contributed by atoms with Crippen molar-refractivity contribution in [1.82, 2.24) is 19.9 Å². The molecule has 0 spiro atoms. The highest BCUT2D eigenvalue weighted by molar-refractivity contribution is 5.94. The van der Waals surface area contributed by atoms with Gasteiger partial charge in [0, 0.05) is 23.4 Å². The molecule has 3 heterocycles. The van der Waals surface area contributed by atoms with Gasteiger partial charge >= 0.3 is 6.18 Å². The third-order valence-electron chi connectivity index (χ3n) is 6.26. The normalized spacial score (nSPS) is 15.6. The summed E-state index contributed by atoms with van der Waals surface area (Å²) in [6.45, 7) is 0.693. The van der Waals surface area contributed by atoms with E-state index >= 15 is 0 Å². The van der Waals surface area contributed by atoms with Crippen LogP contribution >= 0.6 is 0 Å². The zero-order valence-electron chi connectivity index (χ0n) is 19.4. The van der Waals surface area contributed by atoms with Gasteiger partial charge in [-0.15, -0.1) is 0 Å². The molecule has 5 rings (SSSR count). The number of pyridine rings is 1. The molecule has 0 radical (unpaired) electrons. The number of hydrogen-bond donors (Lipinski definition) is 1. The second-order valence-corrected chi connectivity index (χ2v) is 8.54. The Balaban J connectivity index is 1.81. The zero-order valence-corrected chi connectivity index (χ0v) is 19.4. The van der Waals surface area contributed by atoms with Crippen LogP contribution in [0.4, 0.5) is 17.6 Å². The van der Waals surface area contributed by atoms with Crippen LogP contribution in [0.2, 0.25) is 0 Å². The number of alkyl halides is 3. The van der Waals surface area contributed by atoms with Gasteiger partial charge in [0.15, 0.2) is 11.6 Å². The fraction of sp³-hybridized carbons (Fsp3) is 0.231. The van der Waals surface area contributed by atoms with Crippen molar-refractivity contribution in [2.75, 3.05) is 13.7 Å². The van der Waals surface area contributed by atoms with E-state index in [9.17, 15) is 27.6 Å². The molecular weight excluding hydrogens is 490 g/mol. The van der Waals surface area contributed by atoms with E-state index < -0.39 is 23.2 Å². The van der Waals surface area contributed by atoms with E-state index in [4.69, 9.17) is 9.72 Å². The van der Waals surface area contributed by atoms with Crippen molar-refractivity contribution in [2.45, 2.75) is 25.1 Å². The van der Waals surface area contributed by atoms with Gasteiger partial charge in [0.25, 0.3) is 5.56 Å². The lowest BCUT2D eigenvalue weighted by atomic mass is 10.00. The number of halogens is 4. The van der Waals surface area contributed by atoms with Crippen molar-refractivity contribution >= 4 is 10.9 Å². The van der Waals surface area contributed by atoms with Crippen LogP contribution < -0.4 is 15.6 Å². The molecule has 1 N–H and O–H groups in total. The number of methoxy groups -OCH3 is 1. The molecule has 4 aromatic rings. The first-order chi connectivity index (χ1) is 17.7. The van der Waals surface area contributed by atoms with Crippen LogP contribution in [0.15, 0.2) is 53.5 Å². The van der Waals surface area contributed by atoms with Gasteiger partial charge in [-0.05, 0) is 49.7 Å². The highest BCUT2D eigenvalue weighted by Gasteiger charge is 2.32. The maximum atomic E-state index is 14.6. The molecule has 7 nitrogen and oxygen atoms in total. The summed E-state index contributed by atoms with van der Waals surface area (Å²) in [6, 6.07) is 10.6. The van der Waals surface area contributed by atoms with E-state index in [1.54, 1.807) is 0 Å². The summed E-state index contributed by atoms with van der Waals surface area (Å²) in [6.07, 6.45) is -2.07. The first-order valence-electron chi connectivity index (χ1n) is 11.3. The van der Waals surface area contributed by atoms with Crippen molar-refractivity contribution in [3.63, 3.8) is 0 Å². The number of rotatable bonds is 4. The molecule has 0 amide bonds. The monoisotopic (exact) mass is 509 g/mol. The summed E-state index contributed by atoms with van der Waals surface area (Å²) in [7, 11) is 1.33. The minimum absolute atomic E-state index is 0.00921. The number of aromatic nitrogens is 3. The number of benzene rings is 2. The summed E-state index contributed by atoms with van der Waals surface area (Å²) in [5, 5.41) is 13.0. The van der Waals surface area contributed by atoms with Gasteiger partial charge in [-0.25, -0.2) is 9.37 Å². The quantitative estimate of drug-likeness (QED) is 0.393. The Morgan fingerprint density at radius 1 is 1.19 bits per heavy atom. The minimum atomic E-state index is -4.62. The predicted molar refractivity (Wildman–Crippen MR) is 127 cm³/mol. The molecule has 2 aromatic carbocycles. The van der Waals surface area contributed by atoms with Crippen LogP contribution in [-0.4, -0.2) is 28.2 Å². The van der Waals surface area contributed by atoms with Crippen molar-refractivity contribution in [1.29, 1.82) is 5.26 Å². The fourth-order valence-corrected chi connectivity index (χ4v) is 4.50. The third kappa shape index (κ3) is 4.40. The number of nitrogens with zero attached hydrogens (tertiary/aromatic N) is 4. The number of nitriles is 1. The van der Waals surface area contributed by atoms with Gasteiger partial charge in [-0.2, -0.15) is 18.4 Å². The lowest BCUT2D eigenvalue weighted by Gasteiger charge is -2.20. The summed E-state index contributed by atoms with van der Waals surface area (Å²) >= 11 is 0. The molecular formula is C26H19F4N5O2. The first-order valence-corrected chi connectivity index (χ1v) is 11.3. The standard InChI is InChI=1S/C26H19F4N5O2/c1-37-21-6-5-16(11-19(21)27)35-24(20-3-2-8-32-20)34-23-17(9-14(12-31)10-18(23)25(35)36)15-4-7-22(33-13-15)26(28,29)30/h4-7,9-11,13,20,32H,2-3,8H2,1H3. The van der Waals surface area contributed by atoms with E-state index in [1.807, 2.05) is 6.07 Å². The van der Waals surface area contributed by atoms with E-state index in [2.05, 4.69) is 10.3 Å². The van der Waals surface area contributed by atoms with Gasteiger partial charge in [0.05, 0.1) is 41.4 Å². The number of ether oxygens (including phenoxy) is 1. The Morgan fingerprint density at radius 3 is 2.59 bits per heavy atom. The number of nitrogens with one attached hydrogen (secondary N) is 1. The number of fused-ring (bicyclic) bond motifs is 1. The third-order valence-corrected chi connectivity index (χ3v) is 6.26. The summed E-state index contributed by atoms with van der Waals surface area (Å²) in [4.78, 5) is 22.2. The molecule has 0 aliphatic carbocycles. The Hall–Kier alpha value is -4.30. The molecule has 2 aromatic heterocycles. The molecule has 1 fully saturated rings. The fourth-order valence-electron chi connectivity index (χ4n) is 4.50. The maximum absolute atomic E-state index is 14.6. The highest BCUT2D eigenvalue weighted by atomic mass is 19.4. The molecule has 0 bridgehead atoms. The second-order valence-electron chi connectivity index (χ2n) is 8.54. The Labute approximate surface area is 208 Å². The lowest BCUT2D eigenvalue weighted by molar-refractivity contribution is -0.141. The van der Waals surface area contributed by atoms with Crippen molar-refractivity contribution in [3.8, 4) is 28.6 Å². The van der Waals surface area contributed by atoms with Crippen LogP contribution in [0.1, 0.15) is 36.0 Å². The average molecular weight is 509 g/mol. The molecule has 188 valence electrons. The molecule has 11 heteroatoms. The van der Waals surface area contributed by atoms with E-state index in [1.165, 1.54) is 48.1 Å². The lowest BCUT2D eigenvalue weighted by Crippen LogP contribution is -2.29. The van der Waals surface area contributed by atoms with E-state index in [-0.39, 0.29) is 39.5 Å². The van der Waals surface area contributed by atoms with Gasteiger partial charge < -0.3 is 10.1 Å². The molecule has 1 unspecified atom stereocenters. The van der Waals surface area contributed by atoms with Crippen LogP contribution in [-0.2, 0) is 6.18 Å². The SMILES string of the molecule is COc1ccc(-n2c(C3CCCN3)nc3c(-c4ccc(C(F)(F)F)nc4)cc(C#N)cc3c2=O)cc1F. The topological polar surface area (TPSA) is 92.8 Å². The Morgan fingerprint density at radius 2 is 2.00 bits per heavy atom. The first kappa shape index (κ1) is 24.4. The highest BCUT2D eigenvalue weighted by Crippen LogP contribution is 2.33. The summed E-state index contributed by atoms with van der Waals surface area (Å²) in [5.41, 5.74) is -0.511. The van der Waals surface area contributed by atoms with Crippen molar-refractivity contribution in [3.05, 3.63) is 81.9 Å². The average Bonchev–Trinajstić information content (AvgIpc) is 3.42. The Bertz CT molecular complexity index is 1600. The summed E-state index contributed by atoms with van der Waals surface area (Å²) in [5.74, 6) is -0.333. The zero-order chi connectivity index (χ0) is 26.3. The minimum Gasteiger partial charge on any atom is -0.494 e. The van der Waals surface area contributed by atoms with Crippen molar-refractivity contribution < 1.29 is 22.3 Å². The van der Waals surface area contributed by atoms with Gasteiger partial charge in [-0.3, -0.25) is 14.3 Å². The predicted octanol–water partition coefficient (Wildman–Crippen LogP) is 4.91. The molecule has 37 heavy (non-hydrogen) atoms.